The van der Waals surface area contributed by atoms with E-state index in [-0.39, 0.29) is 28.6 Å². The molecule has 3 aromatic rings. The number of benzene rings is 2. The highest BCUT2D eigenvalue weighted by Crippen LogP contribution is 2.47. The molecular weight excluding hydrogens is 457 g/mol. The number of halogens is 3. The predicted molar refractivity (Wildman–Crippen MR) is 118 cm³/mol. The number of rotatable bonds is 3. The van der Waals surface area contributed by atoms with Crippen LogP contribution in [0.1, 0.15) is 37.3 Å². The van der Waals surface area contributed by atoms with Gasteiger partial charge in [0, 0.05) is 29.8 Å². The highest BCUT2D eigenvalue weighted by atomic mass is 32.2. The van der Waals surface area contributed by atoms with Gasteiger partial charge in [-0.15, -0.1) is 24.5 Å². The van der Waals surface area contributed by atoms with Crippen molar-refractivity contribution in [3.05, 3.63) is 47.5 Å². The Hall–Kier alpha value is -2.26. The molecule has 0 bridgehead atoms. The third kappa shape index (κ3) is 3.75. The number of alkyl halides is 3. The minimum absolute atomic E-state index is 0.0564. The number of hydrogen-bond donors (Lipinski definition) is 0. The molecule has 9 heteroatoms. The molecule has 32 heavy (non-hydrogen) atoms. The number of ether oxygens (including phenoxy) is 1. The molecule has 0 saturated carbocycles. The first-order chi connectivity index (χ1) is 15.1. The normalized spacial score (nSPS) is 23.2. The van der Waals surface area contributed by atoms with Crippen molar-refractivity contribution < 1.29 is 22.7 Å². The maximum absolute atomic E-state index is 12.7. The number of thiazole rings is 1. The summed E-state index contributed by atoms with van der Waals surface area (Å²) in [5.74, 6) is -0.0636. The Bertz CT molecular complexity index is 1210. The van der Waals surface area contributed by atoms with Crippen molar-refractivity contribution in [1.29, 1.82) is 0 Å². The molecule has 5 rings (SSSR count). The van der Waals surface area contributed by atoms with Gasteiger partial charge in [0.15, 0.2) is 10.1 Å². The molecule has 1 aromatic heterocycles. The summed E-state index contributed by atoms with van der Waals surface area (Å²) < 4.78 is 43.6. The van der Waals surface area contributed by atoms with Crippen LogP contribution in [0.4, 0.5) is 13.2 Å². The summed E-state index contributed by atoms with van der Waals surface area (Å²) in [5, 5.41) is 0. The van der Waals surface area contributed by atoms with Crippen LogP contribution in [0.2, 0.25) is 0 Å². The van der Waals surface area contributed by atoms with E-state index in [1.54, 1.807) is 6.07 Å². The average molecular weight is 479 g/mol. The van der Waals surface area contributed by atoms with Crippen LogP contribution in [0.5, 0.6) is 5.75 Å². The van der Waals surface area contributed by atoms with E-state index in [4.69, 9.17) is 0 Å². The summed E-state index contributed by atoms with van der Waals surface area (Å²) in [6.07, 6.45) is -1.52. The van der Waals surface area contributed by atoms with Gasteiger partial charge >= 0.3 is 6.36 Å². The standard InChI is InChI=1S/C23H21F3N2O2S2/c1-22-11-10-19(29)28(2)18(22)9-6-13-12-14(7-8-15(13)22)31-21-27-20-16(30-23(24,25)26)4-3-5-17(20)32-21/h3-5,7-8,12,18H,6,9-11H2,1-2H3/t18-,22-/m1/s1. The summed E-state index contributed by atoms with van der Waals surface area (Å²) in [6, 6.07) is 11.1. The molecule has 4 nitrogen and oxygen atoms in total. The fourth-order valence-electron chi connectivity index (χ4n) is 5.08. The van der Waals surface area contributed by atoms with Crippen molar-refractivity contribution in [2.75, 3.05) is 7.05 Å². The Kier molecular flexibility index (Phi) is 5.16. The van der Waals surface area contributed by atoms with E-state index in [1.807, 2.05) is 18.0 Å². The third-order valence-electron chi connectivity index (χ3n) is 6.63. The second kappa shape index (κ2) is 7.66. The van der Waals surface area contributed by atoms with E-state index in [9.17, 15) is 18.0 Å². The summed E-state index contributed by atoms with van der Waals surface area (Å²) in [6.45, 7) is 2.25. The Balaban J connectivity index is 1.43. The number of fused-ring (bicyclic) bond motifs is 4. The lowest BCUT2D eigenvalue weighted by Gasteiger charge is -2.50. The lowest BCUT2D eigenvalue weighted by molar-refractivity contribution is -0.274. The minimum Gasteiger partial charge on any atom is -0.403 e. The lowest BCUT2D eigenvalue weighted by Crippen LogP contribution is -2.56. The van der Waals surface area contributed by atoms with Gasteiger partial charge in [0.1, 0.15) is 5.52 Å². The molecular formula is C23H21F3N2O2S2. The number of amides is 1. The molecule has 2 aliphatic rings. The van der Waals surface area contributed by atoms with Crippen molar-refractivity contribution in [2.45, 2.75) is 59.7 Å². The second-order valence-electron chi connectivity index (χ2n) is 8.53. The summed E-state index contributed by atoms with van der Waals surface area (Å²) in [4.78, 5) is 19.5. The van der Waals surface area contributed by atoms with Crippen LogP contribution in [-0.2, 0) is 16.6 Å². The van der Waals surface area contributed by atoms with Gasteiger partial charge in [-0.3, -0.25) is 4.79 Å². The summed E-state index contributed by atoms with van der Waals surface area (Å²) in [5.41, 5.74) is 2.74. The molecule has 1 amide bonds. The van der Waals surface area contributed by atoms with Crippen molar-refractivity contribution in [3.63, 3.8) is 0 Å². The lowest BCUT2D eigenvalue weighted by atomic mass is 9.63. The molecule has 1 aliphatic heterocycles. The molecule has 0 radical (unpaired) electrons. The SMILES string of the molecule is CN1C(=O)CC[C@]2(C)c3ccc(Sc4nc5c(OC(F)(F)F)cccc5s4)cc3CC[C@@H]12. The number of nitrogens with zero attached hydrogens (tertiary/aromatic N) is 2. The first-order valence-corrected chi connectivity index (χ1v) is 12.0. The number of carbonyl (C=O) groups excluding carboxylic acids is 1. The third-order valence-corrected chi connectivity index (χ3v) is 8.70. The smallest absolute Gasteiger partial charge is 0.403 e. The highest BCUT2D eigenvalue weighted by molar-refractivity contribution is 8.01. The first kappa shape index (κ1) is 21.6. The van der Waals surface area contributed by atoms with Gasteiger partial charge in [0.2, 0.25) is 5.91 Å². The van der Waals surface area contributed by atoms with Gasteiger partial charge < -0.3 is 9.64 Å². The maximum atomic E-state index is 12.7. The Labute approximate surface area is 191 Å². The molecule has 2 atom stereocenters. The van der Waals surface area contributed by atoms with Gasteiger partial charge in [0.25, 0.3) is 0 Å². The molecule has 1 fully saturated rings. The Morgan fingerprint density at radius 3 is 2.84 bits per heavy atom. The fourth-order valence-corrected chi connectivity index (χ4v) is 7.20. The van der Waals surface area contributed by atoms with Gasteiger partial charge in [-0.05, 0) is 54.7 Å². The van der Waals surface area contributed by atoms with E-state index < -0.39 is 6.36 Å². The van der Waals surface area contributed by atoms with Gasteiger partial charge in [-0.2, -0.15) is 0 Å². The van der Waals surface area contributed by atoms with Crippen LogP contribution >= 0.6 is 23.1 Å². The van der Waals surface area contributed by atoms with E-state index in [0.29, 0.717) is 15.5 Å². The van der Waals surface area contributed by atoms with Crippen molar-refractivity contribution >= 4 is 39.2 Å². The van der Waals surface area contributed by atoms with Crippen LogP contribution in [0.25, 0.3) is 10.2 Å². The molecule has 2 heterocycles. The Morgan fingerprint density at radius 1 is 1.25 bits per heavy atom. The number of aryl methyl sites for hydroxylation is 1. The van der Waals surface area contributed by atoms with Crippen molar-refractivity contribution in [3.8, 4) is 5.75 Å². The highest BCUT2D eigenvalue weighted by Gasteiger charge is 2.46. The van der Waals surface area contributed by atoms with Crippen LogP contribution < -0.4 is 4.74 Å². The molecule has 0 spiro atoms. The van der Waals surface area contributed by atoms with Crippen molar-refractivity contribution in [1.82, 2.24) is 9.88 Å². The molecule has 168 valence electrons. The van der Waals surface area contributed by atoms with E-state index in [2.05, 4.69) is 28.8 Å². The van der Waals surface area contributed by atoms with Gasteiger partial charge in [0.05, 0.1) is 4.70 Å². The van der Waals surface area contributed by atoms with Gasteiger partial charge in [-0.25, -0.2) is 4.98 Å². The molecule has 1 saturated heterocycles. The number of likely N-dealkylation sites (tertiary alicyclic amines) is 1. The monoisotopic (exact) mass is 478 g/mol. The summed E-state index contributed by atoms with van der Waals surface area (Å²) in [7, 11) is 1.91. The Morgan fingerprint density at radius 2 is 2.06 bits per heavy atom. The van der Waals surface area contributed by atoms with E-state index in [0.717, 1.165) is 24.2 Å². The molecule has 0 unspecified atom stereocenters. The minimum atomic E-state index is -4.75. The van der Waals surface area contributed by atoms with E-state index in [1.165, 1.54) is 46.4 Å². The van der Waals surface area contributed by atoms with Gasteiger partial charge in [-0.1, -0.05) is 30.8 Å². The predicted octanol–water partition coefficient (Wildman–Crippen LogP) is 6.17. The molecule has 1 aliphatic carbocycles. The summed E-state index contributed by atoms with van der Waals surface area (Å²) >= 11 is 2.80. The average Bonchev–Trinajstić information content (AvgIpc) is 3.13. The zero-order valence-corrected chi connectivity index (χ0v) is 19.2. The van der Waals surface area contributed by atoms with Crippen LogP contribution in [-0.4, -0.2) is 35.2 Å². The van der Waals surface area contributed by atoms with Crippen molar-refractivity contribution in [2.24, 2.45) is 0 Å². The van der Waals surface area contributed by atoms with E-state index >= 15 is 0 Å². The zero-order valence-electron chi connectivity index (χ0n) is 17.5. The number of carbonyl (C=O) groups is 1. The number of hydrogen-bond acceptors (Lipinski definition) is 5. The second-order valence-corrected chi connectivity index (χ2v) is 10.9. The molecule has 2 aromatic carbocycles. The topological polar surface area (TPSA) is 42.4 Å². The maximum Gasteiger partial charge on any atom is 0.573 e. The fraction of sp³-hybridized carbons (Fsp3) is 0.391. The van der Waals surface area contributed by atoms with Crippen LogP contribution in [0.15, 0.2) is 45.6 Å². The number of likely N-dealkylation sites (N-methyl/N-ethyl adjacent to an activating group) is 1. The zero-order chi connectivity index (χ0) is 22.7. The number of aromatic nitrogens is 1. The quantitative estimate of drug-likeness (QED) is 0.452. The first-order valence-electron chi connectivity index (χ1n) is 10.4. The largest absolute Gasteiger partial charge is 0.573 e. The number of para-hydroxylation sites is 1. The number of piperidine rings is 1. The molecule has 0 N–H and O–H groups in total. The van der Waals surface area contributed by atoms with Crippen LogP contribution in [0, 0.1) is 0 Å². The van der Waals surface area contributed by atoms with Crippen LogP contribution in [0.3, 0.4) is 0 Å².